The van der Waals surface area contributed by atoms with Crippen molar-refractivity contribution >= 4 is 0 Å². The molecule has 142 valence electrons. The Labute approximate surface area is 158 Å². The smallest absolute Gasteiger partial charge is 0.258 e. The van der Waals surface area contributed by atoms with Gasteiger partial charge in [-0.1, -0.05) is 35.5 Å². The Bertz CT molecular complexity index is 823. The second-order valence-electron chi connectivity index (χ2n) is 6.99. The highest BCUT2D eigenvalue weighted by molar-refractivity contribution is 5.18. The topological polar surface area (TPSA) is 69.2 Å². The summed E-state index contributed by atoms with van der Waals surface area (Å²) in [5.74, 6) is 1.30. The fourth-order valence-electron chi connectivity index (χ4n) is 3.61. The number of ether oxygens (including phenoxy) is 1. The molecule has 1 aliphatic rings. The van der Waals surface area contributed by atoms with Crippen molar-refractivity contribution in [1.82, 2.24) is 24.8 Å². The van der Waals surface area contributed by atoms with E-state index in [0.29, 0.717) is 18.1 Å². The molecule has 2 aromatic heterocycles. The number of methoxy groups -OCH3 is 1. The summed E-state index contributed by atoms with van der Waals surface area (Å²) in [6.07, 6.45) is 6.16. The van der Waals surface area contributed by atoms with E-state index in [1.54, 1.807) is 7.11 Å². The monoisotopic (exact) mass is 367 g/mol. The first-order valence-electron chi connectivity index (χ1n) is 9.39. The van der Waals surface area contributed by atoms with Gasteiger partial charge < -0.3 is 14.2 Å². The van der Waals surface area contributed by atoms with Gasteiger partial charge in [0.2, 0.25) is 0 Å². The van der Waals surface area contributed by atoms with Crippen molar-refractivity contribution in [1.29, 1.82) is 0 Å². The molecule has 0 aliphatic carbocycles. The molecule has 4 rings (SSSR count). The number of nitrogens with zero attached hydrogens (tertiary/aromatic N) is 5. The third-order valence-corrected chi connectivity index (χ3v) is 5.32. The minimum absolute atomic E-state index is 0.482. The lowest BCUT2D eigenvalue weighted by molar-refractivity contribution is -0.0830. The molecule has 7 heteroatoms. The van der Waals surface area contributed by atoms with Crippen LogP contribution in [-0.2, 0) is 23.3 Å². The SMILES string of the molecule is COC1(c2nc(Cc3ccccc3)no2)CCN(CCn2cccn2)CC1. The van der Waals surface area contributed by atoms with Crippen LogP contribution in [0.25, 0.3) is 0 Å². The minimum Gasteiger partial charge on any atom is -0.368 e. The lowest BCUT2D eigenvalue weighted by Gasteiger charge is -2.38. The molecule has 0 amide bonds. The Morgan fingerprint density at radius 3 is 2.63 bits per heavy atom. The van der Waals surface area contributed by atoms with Gasteiger partial charge in [0.25, 0.3) is 5.89 Å². The molecule has 1 aromatic carbocycles. The van der Waals surface area contributed by atoms with E-state index in [2.05, 4.69) is 32.3 Å². The number of piperidine rings is 1. The largest absolute Gasteiger partial charge is 0.368 e. The molecular formula is C20H25N5O2. The normalized spacial score (nSPS) is 17.2. The minimum atomic E-state index is -0.482. The molecule has 0 radical (unpaired) electrons. The fraction of sp³-hybridized carbons (Fsp3) is 0.450. The molecule has 0 spiro atoms. The summed E-state index contributed by atoms with van der Waals surface area (Å²) in [7, 11) is 1.74. The van der Waals surface area contributed by atoms with E-state index in [0.717, 1.165) is 39.0 Å². The van der Waals surface area contributed by atoms with Crippen LogP contribution in [0.2, 0.25) is 0 Å². The maximum atomic E-state index is 5.89. The maximum absolute atomic E-state index is 5.89. The fourth-order valence-corrected chi connectivity index (χ4v) is 3.61. The molecule has 0 bridgehead atoms. The zero-order valence-electron chi connectivity index (χ0n) is 15.6. The van der Waals surface area contributed by atoms with Crippen LogP contribution in [0.15, 0.2) is 53.3 Å². The van der Waals surface area contributed by atoms with Crippen molar-refractivity contribution in [3.8, 4) is 0 Å². The second-order valence-corrected chi connectivity index (χ2v) is 6.99. The summed E-state index contributed by atoms with van der Waals surface area (Å²) >= 11 is 0. The van der Waals surface area contributed by atoms with E-state index in [1.807, 2.05) is 41.3 Å². The Hall–Kier alpha value is -2.51. The Balaban J connectivity index is 1.37. The Kier molecular flexibility index (Phi) is 5.31. The number of rotatable bonds is 7. The van der Waals surface area contributed by atoms with Crippen LogP contribution in [0, 0.1) is 0 Å². The van der Waals surface area contributed by atoms with Crippen molar-refractivity contribution in [2.45, 2.75) is 31.4 Å². The number of benzene rings is 1. The zero-order chi connectivity index (χ0) is 18.5. The van der Waals surface area contributed by atoms with E-state index in [-0.39, 0.29) is 0 Å². The predicted octanol–water partition coefficient (Wildman–Crippen LogP) is 2.49. The Morgan fingerprint density at radius 2 is 1.93 bits per heavy atom. The van der Waals surface area contributed by atoms with Gasteiger partial charge in [0, 0.05) is 45.6 Å². The van der Waals surface area contributed by atoms with Gasteiger partial charge >= 0.3 is 0 Å². The van der Waals surface area contributed by atoms with Crippen molar-refractivity contribution in [2.75, 3.05) is 26.7 Å². The molecule has 1 fully saturated rings. The second kappa shape index (κ2) is 8.02. The summed E-state index contributed by atoms with van der Waals surface area (Å²) in [5, 5.41) is 8.44. The molecule has 0 saturated carbocycles. The average Bonchev–Trinajstić information content (AvgIpc) is 3.40. The summed E-state index contributed by atoms with van der Waals surface area (Å²) < 4.78 is 13.5. The zero-order valence-corrected chi connectivity index (χ0v) is 15.6. The lowest BCUT2D eigenvalue weighted by Crippen LogP contribution is -2.44. The van der Waals surface area contributed by atoms with Crippen molar-refractivity contribution < 1.29 is 9.26 Å². The van der Waals surface area contributed by atoms with Crippen LogP contribution in [0.5, 0.6) is 0 Å². The van der Waals surface area contributed by atoms with Crippen molar-refractivity contribution in [2.24, 2.45) is 0 Å². The first-order valence-corrected chi connectivity index (χ1v) is 9.39. The van der Waals surface area contributed by atoms with E-state index in [1.165, 1.54) is 5.56 Å². The number of hydrogen-bond donors (Lipinski definition) is 0. The maximum Gasteiger partial charge on any atom is 0.258 e. The van der Waals surface area contributed by atoms with Gasteiger partial charge in [0.1, 0.15) is 5.60 Å². The predicted molar refractivity (Wildman–Crippen MR) is 100 cm³/mol. The molecule has 3 heterocycles. The summed E-state index contributed by atoms with van der Waals surface area (Å²) in [4.78, 5) is 7.08. The highest BCUT2D eigenvalue weighted by Gasteiger charge is 2.41. The molecular weight excluding hydrogens is 342 g/mol. The van der Waals surface area contributed by atoms with Crippen molar-refractivity contribution in [3.05, 3.63) is 66.1 Å². The van der Waals surface area contributed by atoms with Crippen LogP contribution in [0.3, 0.4) is 0 Å². The molecule has 1 aliphatic heterocycles. The number of likely N-dealkylation sites (tertiary alicyclic amines) is 1. The molecule has 0 unspecified atom stereocenters. The van der Waals surface area contributed by atoms with E-state index in [9.17, 15) is 0 Å². The van der Waals surface area contributed by atoms with E-state index < -0.39 is 5.60 Å². The average molecular weight is 367 g/mol. The van der Waals surface area contributed by atoms with Crippen LogP contribution < -0.4 is 0 Å². The van der Waals surface area contributed by atoms with Gasteiger partial charge in [-0.05, 0) is 24.5 Å². The lowest BCUT2D eigenvalue weighted by atomic mass is 9.91. The molecule has 0 N–H and O–H groups in total. The molecule has 27 heavy (non-hydrogen) atoms. The van der Waals surface area contributed by atoms with Crippen molar-refractivity contribution in [3.63, 3.8) is 0 Å². The molecule has 7 nitrogen and oxygen atoms in total. The molecule has 3 aromatic rings. The van der Waals surface area contributed by atoms with Crippen LogP contribution in [0.4, 0.5) is 0 Å². The van der Waals surface area contributed by atoms with Gasteiger partial charge in [0.15, 0.2) is 5.82 Å². The summed E-state index contributed by atoms with van der Waals surface area (Å²) in [5.41, 5.74) is 0.689. The van der Waals surface area contributed by atoms with E-state index in [4.69, 9.17) is 9.26 Å². The quantitative estimate of drug-likeness (QED) is 0.639. The third-order valence-electron chi connectivity index (χ3n) is 5.32. The highest BCUT2D eigenvalue weighted by Crippen LogP contribution is 2.35. The number of hydrogen-bond acceptors (Lipinski definition) is 6. The summed E-state index contributed by atoms with van der Waals surface area (Å²) in [6.45, 7) is 3.75. The van der Waals surface area contributed by atoms with Gasteiger partial charge in [-0.25, -0.2) is 0 Å². The Morgan fingerprint density at radius 1 is 1.11 bits per heavy atom. The van der Waals surface area contributed by atoms with Gasteiger partial charge in [-0.15, -0.1) is 0 Å². The first kappa shape index (κ1) is 17.9. The standard InChI is InChI=1S/C20H25N5O2/c1-26-20(8-12-24(13-9-20)14-15-25-11-5-10-21-25)19-22-18(23-27-19)16-17-6-3-2-4-7-17/h2-7,10-11H,8-9,12-16H2,1H3. The van der Waals surface area contributed by atoms with Gasteiger partial charge in [-0.3, -0.25) is 4.68 Å². The number of aromatic nitrogens is 4. The third kappa shape index (κ3) is 4.09. The highest BCUT2D eigenvalue weighted by atomic mass is 16.5. The van der Waals surface area contributed by atoms with Crippen LogP contribution in [0.1, 0.15) is 30.1 Å². The van der Waals surface area contributed by atoms with Gasteiger partial charge in [0.05, 0.1) is 6.54 Å². The van der Waals surface area contributed by atoms with E-state index >= 15 is 0 Å². The molecule has 0 atom stereocenters. The van der Waals surface area contributed by atoms with Crippen LogP contribution in [-0.4, -0.2) is 51.6 Å². The first-order chi connectivity index (χ1) is 13.3. The van der Waals surface area contributed by atoms with Crippen LogP contribution >= 0.6 is 0 Å². The summed E-state index contributed by atoms with van der Waals surface area (Å²) in [6, 6.07) is 12.1. The molecule has 1 saturated heterocycles. The van der Waals surface area contributed by atoms with Gasteiger partial charge in [-0.2, -0.15) is 10.1 Å².